The van der Waals surface area contributed by atoms with Gasteiger partial charge in [-0.3, -0.25) is 0 Å². The summed E-state index contributed by atoms with van der Waals surface area (Å²) in [5, 5.41) is 0. The maximum absolute atomic E-state index is 5.35. The molecule has 90 valence electrons. The average Bonchev–Trinajstić information content (AvgIpc) is 2.69. The summed E-state index contributed by atoms with van der Waals surface area (Å²) in [6, 6.07) is 5.67. The van der Waals surface area contributed by atoms with Crippen molar-refractivity contribution in [3.63, 3.8) is 0 Å². The summed E-state index contributed by atoms with van der Waals surface area (Å²) < 4.78 is 13.1. The van der Waals surface area contributed by atoms with Crippen LogP contribution in [0.2, 0.25) is 0 Å². The molecule has 0 atom stereocenters. The fourth-order valence-corrected chi connectivity index (χ4v) is 1.86. The van der Waals surface area contributed by atoms with Crippen LogP contribution in [-0.2, 0) is 7.05 Å². The van der Waals surface area contributed by atoms with Crippen LogP contribution < -0.4 is 9.47 Å². The van der Waals surface area contributed by atoms with Gasteiger partial charge in [-0.15, -0.1) is 0 Å². The summed E-state index contributed by atoms with van der Waals surface area (Å²) in [6.45, 7) is 0. The van der Waals surface area contributed by atoms with Crippen molar-refractivity contribution in [1.82, 2.24) is 9.55 Å². The van der Waals surface area contributed by atoms with E-state index in [9.17, 15) is 0 Å². The van der Waals surface area contributed by atoms with Gasteiger partial charge in [0.25, 0.3) is 0 Å². The van der Waals surface area contributed by atoms with E-state index in [1.807, 2.05) is 36.0 Å². The maximum Gasteiger partial charge on any atom is 0.177 e. The number of aromatic nitrogens is 2. The first kappa shape index (κ1) is 11.7. The number of hydrogen-bond donors (Lipinski definition) is 1. The molecule has 4 nitrogen and oxygen atoms in total. The number of rotatable bonds is 3. The SMILES string of the molecule is COc1ccc(OC)c(-c2c[nH]c(=S)n2C)c1. The van der Waals surface area contributed by atoms with Crippen LogP contribution in [0.1, 0.15) is 0 Å². The van der Waals surface area contributed by atoms with E-state index in [0.29, 0.717) is 4.77 Å². The molecule has 0 unspecified atom stereocenters. The summed E-state index contributed by atoms with van der Waals surface area (Å²) in [5.41, 5.74) is 1.91. The number of benzene rings is 1. The zero-order valence-electron chi connectivity index (χ0n) is 9.98. The molecule has 0 aliphatic carbocycles. The zero-order valence-corrected chi connectivity index (χ0v) is 10.8. The maximum atomic E-state index is 5.35. The minimum atomic E-state index is 0.671. The van der Waals surface area contributed by atoms with Crippen molar-refractivity contribution >= 4 is 12.2 Å². The van der Waals surface area contributed by atoms with E-state index in [1.165, 1.54) is 0 Å². The van der Waals surface area contributed by atoms with Gasteiger partial charge in [-0.2, -0.15) is 0 Å². The van der Waals surface area contributed by atoms with Crippen LogP contribution >= 0.6 is 12.2 Å². The molecule has 1 aromatic heterocycles. The van der Waals surface area contributed by atoms with E-state index in [0.717, 1.165) is 22.8 Å². The number of methoxy groups -OCH3 is 2. The van der Waals surface area contributed by atoms with Crippen molar-refractivity contribution in [3.05, 3.63) is 29.2 Å². The number of hydrogen-bond acceptors (Lipinski definition) is 3. The zero-order chi connectivity index (χ0) is 12.4. The van der Waals surface area contributed by atoms with E-state index >= 15 is 0 Å². The third-order valence-electron chi connectivity index (χ3n) is 2.68. The highest BCUT2D eigenvalue weighted by molar-refractivity contribution is 7.71. The molecule has 0 fully saturated rings. The van der Waals surface area contributed by atoms with E-state index in [4.69, 9.17) is 21.7 Å². The number of ether oxygens (including phenoxy) is 2. The Morgan fingerprint density at radius 1 is 1.24 bits per heavy atom. The molecule has 0 bridgehead atoms. The van der Waals surface area contributed by atoms with Crippen molar-refractivity contribution in [2.24, 2.45) is 7.05 Å². The molecule has 2 aromatic rings. The Balaban J connectivity index is 2.64. The third-order valence-corrected chi connectivity index (χ3v) is 3.07. The second-order valence-corrected chi connectivity index (χ2v) is 3.99. The largest absolute Gasteiger partial charge is 0.497 e. The monoisotopic (exact) mass is 250 g/mol. The molecular formula is C12H14N2O2S. The van der Waals surface area contributed by atoms with Crippen LogP contribution in [-0.4, -0.2) is 23.8 Å². The summed E-state index contributed by atoms with van der Waals surface area (Å²) in [4.78, 5) is 3.01. The van der Waals surface area contributed by atoms with Crippen molar-refractivity contribution in [3.8, 4) is 22.8 Å². The first-order valence-electron chi connectivity index (χ1n) is 5.14. The van der Waals surface area contributed by atoms with Crippen LogP contribution in [0.4, 0.5) is 0 Å². The molecule has 5 heteroatoms. The molecule has 0 aliphatic heterocycles. The predicted octanol–water partition coefficient (Wildman–Crippen LogP) is 2.77. The lowest BCUT2D eigenvalue weighted by Crippen LogP contribution is -1.95. The second kappa shape index (κ2) is 4.63. The molecular weight excluding hydrogens is 236 g/mol. The van der Waals surface area contributed by atoms with Gasteiger partial charge in [-0.1, -0.05) is 0 Å². The van der Waals surface area contributed by atoms with E-state index in [1.54, 1.807) is 14.2 Å². The van der Waals surface area contributed by atoms with Crippen molar-refractivity contribution in [1.29, 1.82) is 0 Å². The summed E-state index contributed by atoms with van der Waals surface area (Å²) in [7, 11) is 5.20. The quantitative estimate of drug-likeness (QED) is 0.851. The summed E-state index contributed by atoms with van der Waals surface area (Å²) >= 11 is 5.15. The second-order valence-electron chi connectivity index (χ2n) is 3.60. The molecule has 2 rings (SSSR count). The topological polar surface area (TPSA) is 39.2 Å². The number of nitrogens with zero attached hydrogens (tertiary/aromatic N) is 1. The number of H-pyrrole nitrogens is 1. The fraction of sp³-hybridized carbons (Fsp3) is 0.250. The van der Waals surface area contributed by atoms with Gasteiger partial charge in [0.15, 0.2) is 4.77 Å². The van der Waals surface area contributed by atoms with Crippen molar-refractivity contribution < 1.29 is 9.47 Å². The fourth-order valence-electron chi connectivity index (χ4n) is 1.71. The third kappa shape index (κ3) is 2.06. The Hall–Kier alpha value is -1.75. The standard InChI is InChI=1S/C12H14N2O2S/c1-14-10(7-13-12(14)17)9-6-8(15-2)4-5-11(9)16-3/h4-7H,1-3H3,(H,13,17). The molecule has 0 saturated carbocycles. The molecule has 0 radical (unpaired) electrons. The number of nitrogens with one attached hydrogen (secondary N) is 1. The highest BCUT2D eigenvalue weighted by Crippen LogP contribution is 2.32. The Morgan fingerprint density at radius 2 is 2.00 bits per heavy atom. The normalized spacial score (nSPS) is 10.3. The smallest absolute Gasteiger partial charge is 0.177 e. The first-order valence-corrected chi connectivity index (χ1v) is 5.55. The highest BCUT2D eigenvalue weighted by atomic mass is 32.1. The Bertz CT molecular complexity index is 586. The van der Waals surface area contributed by atoms with Gasteiger partial charge in [0, 0.05) is 18.8 Å². The molecule has 1 aromatic carbocycles. The molecule has 1 N–H and O–H groups in total. The van der Waals surface area contributed by atoms with Gasteiger partial charge in [-0.25, -0.2) is 0 Å². The molecule has 1 heterocycles. The number of aromatic amines is 1. The van der Waals surface area contributed by atoms with Crippen molar-refractivity contribution in [2.75, 3.05) is 14.2 Å². The van der Waals surface area contributed by atoms with E-state index in [-0.39, 0.29) is 0 Å². The molecule has 0 aliphatic rings. The van der Waals surface area contributed by atoms with E-state index < -0.39 is 0 Å². The van der Waals surface area contributed by atoms with Crippen LogP contribution in [0.5, 0.6) is 11.5 Å². The lowest BCUT2D eigenvalue weighted by atomic mass is 10.1. The lowest BCUT2D eigenvalue weighted by Gasteiger charge is -2.10. The summed E-state index contributed by atoms with van der Waals surface area (Å²) in [5.74, 6) is 1.57. The van der Waals surface area contributed by atoms with E-state index in [2.05, 4.69) is 4.98 Å². The van der Waals surface area contributed by atoms with Crippen LogP contribution in [0.25, 0.3) is 11.3 Å². The van der Waals surface area contributed by atoms with Gasteiger partial charge < -0.3 is 19.0 Å². The minimum Gasteiger partial charge on any atom is -0.497 e. The van der Waals surface area contributed by atoms with Crippen LogP contribution in [0.3, 0.4) is 0 Å². The Kier molecular flexibility index (Phi) is 3.19. The van der Waals surface area contributed by atoms with Crippen LogP contribution in [0.15, 0.2) is 24.4 Å². The van der Waals surface area contributed by atoms with Gasteiger partial charge in [0.2, 0.25) is 0 Å². The summed E-state index contributed by atoms with van der Waals surface area (Å²) in [6.07, 6.45) is 1.86. The molecule has 0 saturated heterocycles. The first-order chi connectivity index (χ1) is 8.17. The van der Waals surface area contributed by atoms with Gasteiger partial charge in [-0.05, 0) is 30.4 Å². The van der Waals surface area contributed by atoms with Gasteiger partial charge >= 0.3 is 0 Å². The van der Waals surface area contributed by atoms with Gasteiger partial charge in [0.05, 0.1) is 19.9 Å². The molecule has 0 spiro atoms. The lowest BCUT2D eigenvalue weighted by molar-refractivity contribution is 0.404. The molecule has 0 amide bonds. The van der Waals surface area contributed by atoms with Crippen molar-refractivity contribution in [2.45, 2.75) is 0 Å². The highest BCUT2D eigenvalue weighted by Gasteiger charge is 2.11. The van der Waals surface area contributed by atoms with Gasteiger partial charge in [0.1, 0.15) is 11.5 Å². The number of imidazole rings is 1. The predicted molar refractivity (Wildman–Crippen MR) is 69.1 cm³/mol. The minimum absolute atomic E-state index is 0.671. The average molecular weight is 250 g/mol. The Morgan fingerprint density at radius 3 is 2.53 bits per heavy atom. The molecule has 17 heavy (non-hydrogen) atoms. The Labute approximate surface area is 105 Å². The van der Waals surface area contributed by atoms with Crippen LogP contribution in [0, 0.1) is 4.77 Å².